The summed E-state index contributed by atoms with van der Waals surface area (Å²) in [5.74, 6) is -0.694. The molecule has 3 aromatic rings. The normalized spacial score (nSPS) is 10.7. The molecule has 0 saturated carbocycles. The van der Waals surface area contributed by atoms with Crippen LogP contribution >= 0.6 is 22.9 Å². The summed E-state index contributed by atoms with van der Waals surface area (Å²) in [5, 5.41) is 6.55. The van der Waals surface area contributed by atoms with E-state index >= 15 is 0 Å². The number of hydrogen-bond donors (Lipinski definition) is 2. The van der Waals surface area contributed by atoms with E-state index in [1.54, 1.807) is 13.0 Å². The second-order valence-electron chi connectivity index (χ2n) is 5.89. The Bertz CT molecular complexity index is 987. The number of halogens is 2. The summed E-state index contributed by atoms with van der Waals surface area (Å²) >= 11 is 7.02. The zero-order valence-corrected chi connectivity index (χ0v) is 16.1. The largest absolute Gasteiger partial charge is 0.331 e. The third kappa shape index (κ3) is 3.86. The lowest BCUT2D eigenvalue weighted by Crippen LogP contribution is -2.12. The van der Waals surface area contributed by atoms with Crippen LogP contribution in [0.5, 0.6) is 0 Å². The number of carbonyl (C=O) groups excluding carboxylic acids is 1. The summed E-state index contributed by atoms with van der Waals surface area (Å²) in [6, 6.07) is 10.1. The van der Waals surface area contributed by atoms with Crippen molar-refractivity contribution in [3.05, 3.63) is 68.9 Å². The minimum Gasteiger partial charge on any atom is -0.331 e. The lowest BCUT2D eigenvalue weighted by molar-refractivity contribution is 0.102. The second kappa shape index (κ2) is 7.43. The summed E-state index contributed by atoms with van der Waals surface area (Å²) in [4.78, 5) is 17.5. The predicted octanol–water partition coefficient (Wildman–Crippen LogP) is 5.86. The number of aryl methyl sites for hydroxylation is 2. The Morgan fingerprint density at radius 2 is 1.96 bits per heavy atom. The maximum Gasteiger partial charge on any atom is 0.267 e. The highest BCUT2D eigenvalue weighted by Crippen LogP contribution is 2.29. The first-order valence-electron chi connectivity index (χ1n) is 7.92. The Kier molecular flexibility index (Phi) is 5.25. The lowest BCUT2D eigenvalue weighted by Gasteiger charge is -2.09. The number of amides is 1. The van der Waals surface area contributed by atoms with Gasteiger partial charge in [-0.25, -0.2) is 9.37 Å². The number of nitrogens with one attached hydrogen (secondary N) is 2. The minimum absolute atomic E-state index is 0.0242. The molecule has 7 heteroatoms. The Morgan fingerprint density at radius 3 is 2.69 bits per heavy atom. The number of hydrogen-bond acceptors (Lipinski definition) is 4. The van der Waals surface area contributed by atoms with Gasteiger partial charge in [-0.1, -0.05) is 35.1 Å². The molecule has 134 valence electrons. The van der Waals surface area contributed by atoms with Crippen LogP contribution in [0, 0.1) is 26.6 Å². The summed E-state index contributed by atoms with van der Waals surface area (Å²) in [7, 11) is 0. The zero-order chi connectivity index (χ0) is 18.8. The van der Waals surface area contributed by atoms with Gasteiger partial charge in [0.2, 0.25) is 0 Å². The van der Waals surface area contributed by atoms with Gasteiger partial charge in [0.25, 0.3) is 5.91 Å². The molecule has 26 heavy (non-hydrogen) atoms. The van der Waals surface area contributed by atoms with Crippen molar-refractivity contribution in [1.82, 2.24) is 4.98 Å². The molecule has 0 saturated heterocycles. The first-order chi connectivity index (χ1) is 12.3. The zero-order valence-electron chi connectivity index (χ0n) is 14.5. The van der Waals surface area contributed by atoms with Gasteiger partial charge in [0.05, 0.1) is 10.7 Å². The Hall–Kier alpha value is -2.44. The molecule has 0 aliphatic carbocycles. The molecule has 0 unspecified atom stereocenters. The van der Waals surface area contributed by atoms with Crippen LogP contribution in [0.1, 0.15) is 26.5 Å². The molecule has 0 atom stereocenters. The van der Waals surface area contributed by atoms with Crippen LogP contribution in [0.4, 0.5) is 20.9 Å². The molecule has 2 aromatic carbocycles. The van der Waals surface area contributed by atoms with Gasteiger partial charge >= 0.3 is 0 Å². The lowest BCUT2D eigenvalue weighted by atomic mass is 10.1. The number of aromatic nitrogens is 1. The van der Waals surface area contributed by atoms with E-state index in [0.29, 0.717) is 21.4 Å². The molecule has 1 heterocycles. The van der Waals surface area contributed by atoms with Gasteiger partial charge < -0.3 is 10.6 Å². The summed E-state index contributed by atoms with van der Waals surface area (Å²) in [5.41, 5.74) is 4.14. The van der Waals surface area contributed by atoms with Crippen molar-refractivity contribution < 1.29 is 9.18 Å². The van der Waals surface area contributed by atoms with Crippen LogP contribution in [0.15, 0.2) is 36.4 Å². The molecular formula is C19H17ClFN3OS. The van der Waals surface area contributed by atoms with Gasteiger partial charge in [0, 0.05) is 11.4 Å². The van der Waals surface area contributed by atoms with Crippen LogP contribution in [-0.4, -0.2) is 10.9 Å². The van der Waals surface area contributed by atoms with E-state index in [4.69, 9.17) is 11.6 Å². The molecule has 0 aliphatic heterocycles. The standard InChI is InChI=1S/C19H17ClFN3OS/c1-10-5-4-6-16(11(10)2)24-18(25)17-12(3)22-19(26-17)23-13-7-8-15(21)14(20)9-13/h4-9H,1-3H3,(H,22,23)(H,24,25). The van der Waals surface area contributed by atoms with Gasteiger partial charge in [-0.3, -0.25) is 4.79 Å². The number of rotatable bonds is 4. The molecule has 0 bridgehead atoms. The number of anilines is 3. The van der Waals surface area contributed by atoms with Gasteiger partial charge in [-0.05, 0) is 56.2 Å². The quantitative estimate of drug-likeness (QED) is 0.587. The fourth-order valence-electron chi connectivity index (χ4n) is 2.42. The monoisotopic (exact) mass is 389 g/mol. The predicted molar refractivity (Wildman–Crippen MR) is 105 cm³/mol. The van der Waals surface area contributed by atoms with Gasteiger partial charge in [-0.15, -0.1) is 0 Å². The van der Waals surface area contributed by atoms with Crippen molar-refractivity contribution in [1.29, 1.82) is 0 Å². The molecule has 0 radical (unpaired) electrons. The fourth-order valence-corrected chi connectivity index (χ4v) is 3.49. The van der Waals surface area contributed by atoms with E-state index in [9.17, 15) is 9.18 Å². The summed E-state index contributed by atoms with van der Waals surface area (Å²) < 4.78 is 13.3. The number of carbonyl (C=O) groups is 1. The van der Waals surface area contributed by atoms with E-state index in [1.165, 1.54) is 23.5 Å². The summed E-state index contributed by atoms with van der Waals surface area (Å²) in [6.45, 7) is 5.74. The van der Waals surface area contributed by atoms with Crippen molar-refractivity contribution in [3.8, 4) is 0 Å². The Balaban J connectivity index is 1.80. The molecule has 2 N–H and O–H groups in total. The fraction of sp³-hybridized carbons (Fsp3) is 0.158. The molecule has 1 aromatic heterocycles. The first kappa shape index (κ1) is 18.4. The number of nitrogens with zero attached hydrogens (tertiary/aromatic N) is 1. The Labute approximate surface area is 160 Å². The SMILES string of the molecule is Cc1cccc(NC(=O)c2sc(Nc3ccc(F)c(Cl)c3)nc2C)c1C. The molecule has 0 spiro atoms. The number of benzene rings is 2. The average molecular weight is 390 g/mol. The summed E-state index contributed by atoms with van der Waals surface area (Å²) in [6.07, 6.45) is 0. The topological polar surface area (TPSA) is 54.0 Å². The van der Waals surface area contributed by atoms with E-state index < -0.39 is 5.82 Å². The van der Waals surface area contributed by atoms with Crippen LogP contribution in [0.25, 0.3) is 0 Å². The third-order valence-electron chi connectivity index (χ3n) is 4.03. The van der Waals surface area contributed by atoms with Crippen LogP contribution in [0.2, 0.25) is 5.02 Å². The Morgan fingerprint density at radius 1 is 1.19 bits per heavy atom. The van der Waals surface area contributed by atoms with E-state index in [1.807, 2.05) is 32.0 Å². The highest BCUT2D eigenvalue weighted by atomic mass is 35.5. The van der Waals surface area contributed by atoms with Gasteiger partial charge in [0.1, 0.15) is 10.7 Å². The maximum absolute atomic E-state index is 13.3. The van der Waals surface area contributed by atoms with Crippen molar-refractivity contribution in [3.63, 3.8) is 0 Å². The molecule has 3 rings (SSSR count). The molecule has 0 aliphatic rings. The molecule has 4 nitrogen and oxygen atoms in total. The smallest absolute Gasteiger partial charge is 0.267 e. The van der Waals surface area contributed by atoms with Crippen molar-refractivity contribution >= 4 is 45.4 Å². The minimum atomic E-state index is -0.485. The maximum atomic E-state index is 13.3. The van der Waals surface area contributed by atoms with Crippen molar-refractivity contribution in [2.24, 2.45) is 0 Å². The van der Waals surface area contributed by atoms with Gasteiger partial charge in [0.15, 0.2) is 5.13 Å². The molecule has 1 amide bonds. The van der Waals surface area contributed by atoms with Crippen LogP contribution in [-0.2, 0) is 0 Å². The number of thiazole rings is 1. The third-order valence-corrected chi connectivity index (χ3v) is 5.39. The highest BCUT2D eigenvalue weighted by molar-refractivity contribution is 7.17. The van der Waals surface area contributed by atoms with E-state index in [-0.39, 0.29) is 10.9 Å². The van der Waals surface area contributed by atoms with Crippen molar-refractivity contribution in [2.45, 2.75) is 20.8 Å². The molecular weight excluding hydrogens is 373 g/mol. The average Bonchev–Trinajstić information content (AvgIpc) is 2.96. The second-order valence-corrected chi connectivity index (χ2v) is 7.30. The van der Waals surface area contributed by atoms with Crippen LogP contribution in [0.3, 0.4) is 0 Å². The van der Waals surface area contributed by atoms with Crippen molar-refractivity contribution in [2.75, 3.05) is 10.6 Å². The van der Waals surface area contributed by atoms with E-state index in [0.717, 1.165) is 16.8 Å². The van der Waals surface area contributed by atoms with E-state index in [2.05, 4.69) is 15.6 Å². The highest BCUT2D eigenvalue weighted by Gasteiger charge is 2.17. The van der Waals surface area contributed by atoms with Gasteiger partial charge in [-0.2, -0.15) is 0 Å². The first-order valence-corrected chi connectivity index (χ1v) is 9.11. The molecule has 0 fully saturated rings. The van der Waals surface area contributed by atoms with Crippen LogP contribution < -0.4 is 10.6 Å².